The van der Waals surface area contributed by atoms with Gasteiger partial charge in [0.15, 0.2) is 5.82 Å². The number of aliphatic carboxylic acids is 1. The van der Waals surface area contributed by atoms with Crippen molar-refractivity contribution in [1.29, 1.82) is 0 Å². The molecule has 23 heavy (non-hydrogen) atoms. The number of hydrogen-bond donors (Lipinski definition) is 3. The number of anilines is 1. The first-order valence-electron chi connectivity index (χ1n) is 7.40. The number of aromatic nitrogens is 2. The zero-order chi connectivity index (χ0) is 16.4. The summed E-state index contributed by atoms with van der Waals surface area (Å²) < 4.78 is 0. The van der Waals surface area contributed by atoms with Crippen molar-refractivity contribution in [2.75, 3.05) is 24.5 Å². The highest BCUT2D eigenvalue weighted by Gasteiger charge is 2.26. The molecule has 1 aromatic carbocycles. The van der Waals surface area contributed by atoms with Crippen LogP contribution in [0.5, 0.6) is 5.75 Å². The van der Waals surface area contributed by atoms with Gasteiger partial charge < -0.3 is 20.4 Å². The fraction of sp³-hybridized carbons (Fsp3) is 0.312. The number of para-hydroxylation sites is 1. The second-order valence-electron chi connectivity index (χ2n) is 5.50. The molecule has 2 aromatic rings. The fourth-order valence-corrected chi connectivity index (χ4v) is 2.62. The summed E-state index contributed by atoms with van der Waals surface area (Å²) in [6, 6.07) is 8.10. The Morgan fingerprint density at radius 3 is 2.87 bits per heavy atom. The van der Waals surface area contributed by atoms with Gasteiger partial charge in [0.25, 0.3) is 0 Å². The number of phenols is 1. The first kappa shape index (κ1) is 15.2. The van der Waals surface area contributed by atoms with E-state index in [1.807, 2.05) is 24.0 Å². The Labute approximate surface area is 133 Å². The van der Waals surface area contributed by atoms with E-state index in [9.17, 15) is 15.0 Å². The Balaban J connectivity index is 1.95. The van der Waals surface area contributed by atoms with Gasteiger partial charge >= 0.3 is 5.97 Å². The van der Waals surface area contributed by atoms with Crippen LogP contribution in [0.2, 0.25) is 0 Å². The largest absolute Gasteiger partial charge is 0.507 e. The molecule has 1 aliphatic rings. The van der Waals surface area contributed by atoms with Crippen molar-refractivity contribution < 1.29 is 15.0 Å². The standard InChI is InChI=1S/C16H18N4O3/c1-10-8-14(20-7-6-17-12(9-20)16(22)23)19-15(18-10)11-4-2-3-5-13(11)21/h2-5,8,12,17,21H,6-7,9H2,1H3,(H,22,23). The molecule has 0 aliphatic carbocycles. The number of nitrogens with zero attached hydrogens (tertiary/aromatic N) is 3. The number of aryl methyl sites for hydroxylation is 1. The molecule has 1 atom stereocenters. The molecular weight excluding hydrogens is 296 g/mol. The highest BCUT2D eigenvalue weighted by Crippen LogP contribution is 2.27. The van der Waals surface area contributed by atoms with Gasteiger partial charge in [-0.25, -0.2) is 9.97 Å². The molecule has 0 radical (unpaired) electrons. The van der Waals surface area contributed by atoms with E-state index in [1.165, 1.54) is 0 Å². The summed E-state index contributed by atoms with van der Waals surface area (Å²) >= 11 is 0. The van der Waals surface area contributed by atoms with Gasteiger partial charge in [0.1, 0.15) is 17.6 Å². The maximum atomic E-state index is 11.2. The van der Waals surface area contributed by atoms with Gasteiger partial charge in [-0.05, 0) is 19.1 Å². The van der Waals surface area contributed by atoms with E-state index >= 15 is 0 Å². The van der Waals surface area contributed by atoms with Crippen LogP contribution in [0, 0.1) is 6.92 Å². The molecule has 7 heteroatoms. The summed E-state index contributed by atoms with van der Waals surface area (Å²) in [4.78, 5) is 22.0. The van der Waals surface area contributed by atoms with Crippen molar-refractivity contribution in [3.05, 3.63) is 36.0 Å². The molecule has 0 spiro atoms. The molecule has 0 saturated carbocycles. The summed E-state index contributed by atoms with van der Waals surface area (Å²) in [7, 11) is 0. The Morgan fingerprint density at radius 2 is 2.13 bits per heavy atom. The fourth-order valence-electron chi connectivity index (χ4n) is 2.62. The Hall–Kier alpha value is -2.67. The van der Waals surface area contributed by atoms with Gasteiger partial charge in [0.2, 0.25) is 0 Å². The van der Waals surface area contributed by atoms with Gasteiger partial charge in [-0.2, -0.15) is 0 Å². The van der Waals surface area contributed by atoms with E-state index < -0.39 is 12.0 Å². The number of aromatic hydroxyl groups is 1. The summed E-state index contributed by atoms with van der Waals surface area (Å²) in [5.74, 6) is 0.348. The van der Waals surface area contributed by atoms with Crippen LogP contribution >= 0.6 is 0 Å². The number of piperazine rings is 1. The molecule has 0 bridgehead atoms. The van der Waals surface area contributed by atoms with Crippen molar-refractivity contribution in [1.82, 2.24) is 15.3 Å². The Kier molecular flexibility index (Phi) is 4.12. The first-order chi connectivity index (χ1) is 11.0. The highest BCUT2D eigenvalue weighted by atomic mass is 16.4. The number of carboxylic acids is 1. The second kappa shape index (κ2) is 6.21. The van der Waals surface area contributed by atoms with Crippen molar-refractivity contribution in [2.45, 2.75) is 13.0 Å². The predicted octanol–water partition coefficient (Wildman–Crippen LogP) is 1.02. The van der Waals surface area contributed by atoms with E-state index in [-0.39, 0.29) is 5.75 Å². The molecule has 1 fully saturated rings. The van der Waals surface area contributed by atoms with E-state index in [1.54, 1.807) is 18.2 Å². The molecule has 1 saturated heterocycles. The zero-order valence-corrected chi connectivity index (χ0v) is 12.7. The Bertz CT molecular complexity index is 735. The molecule has 2 heterocycles. The summed E-state index contributed by atoms with van der Waals surface area (Å²) in [5.41, 5.74) is 1.32. The maximum absolute atomic E-state index is 11.2. The van der Waals surface area contributed by atoms with E-state index in [4.69, 9.17) is 0 Å². The van der Waals surface area contributed by atoms with Gasteiger partial charge in [-0.1, -0.05) is 12.1 Å². The van der Waals surface area contributed by atoms with Gasteiger partial charge in [-0.15, -0.1) is 0 Å². The lowest BCUT2D eigenvalue weighted by molar-refractivity contribution is -0.139. The predicted molar refractivity (Wildman–Crippen MR) is 85.5 cm³/mol. The maximum Gasteiger partial charge on any atom is 0.322 e. The molecule has 7 nitrogen and oxygen atoms in total. The average molecular weight is 314 g/mol. The van der Waals surface area contributed by atoms with Crippen LogP contribution in [0.3, 0.4) is 0 Å². The topological polar surface area (TPSA) is 98.6 Å². The number of phenolic OH excluding ortho intramolecular Hbond substituents is 1. The number of carboxylic acid groups (broad SMARTS) is 1. The van der Waals surface area contributed by atoms with Gasteiger partial charge in [0, 0.05) is 31.4 Å². The summed E-state index contributed by atoms with van der Waals surface area (Å²) in [6.07, 6.45) is 0. The summed E-state index contributed by atoms with van der Waals surface area (Å²) in [5, 5.41) is 22.1. The number of carbonyl (C=O) groups is 1. The molecular formula is C16H18N4O3. The number of nitrogens with one attached hydrogen (secondary N) is 1. The zero-order valence-electron chi connectivity index (χ0n) is 12.7. The highest BCUT2D eigenvalue weighted by molar-refractivity contribution is 5.75. The third-order valence-electron chi connectivity index (χ3n) is 3.78. The number of rotatable bonds is 3. The SMILES string of the molecule is Cc1cc(N2CCNC(C(=O)O)C2)nc(-c2ccccc2O)n1. The van der Waals surface area contributed by atoms with Crippen LogP contribution in [0.25, 0.3) is 11.4 Å². The van der Waals surface area contributed by atoms with Gasteiger partial charge in [0.05, 0.1) is 5.56 Å². The third-order valence-corrected chi connectivity index (χ3v) is 3.78. The minimum Gasteiger partial charge on any atom is -0.507 e. The van der Waals surface area contributed by atoms with E-state index in [2.05, 4.69) is 15.3 Å². The lowest BCUT2D eigenvalue weighted by atomic mass is 10.1. The van der Waals surface area contributed by atoms with Crippen LogP contribution in [0.1, 0.15) is 5.69 Å². The minimum absolute atomic E-state index is 0.118. The van der Waals surface area contributed by atoms with Crippen molar-refractivity contribution in [2.24, 2.45) is 0 Å². The minimum atomic E-state index is -0.874. The third kappa shape index (κ3) is 3.24. The molecule has 1 aromatic heterocycles. The molecule has 1 unspecified atom stereocenters. The lowest BCUT2D eigenvalue weighted by Crippen LogP contribution is -2.54. The second-order valence-corrected chi connectivity index (χ2v) is 5.50. The molecule has 120 valence electrons. The lowest BCUT2D eigenvalue weighted by Gasteiger charge is -2.32. The van der Waals surface area contributed by atoms with Crippen LogP contribution < -0.4 is 10.2 Å². The van der Waals surface area contributed by atoms with Crippen molar-refractivity contribution in [3.63, 3.8) is 0 Å². The molecule has 0 amide bonds. The molecule has 3 N–H and O–H groups in total. The smallest absolute Gasteiger partial charge is 0.322 e. The number of hydrogen-bond acceptors (Lipinski definition) is 6. The summed E-state index contributed by atoms with van der Waals surface area (Å²) in [6.45, 7) is 3.43. The van der Waals surface area contributed by atoms with Crippen molar-refractivity contribution in [3.8, 4) is 17.1 Å². The Morgan fingerprint density at radius 1 is 1.35 bits per heavy atom. The van der Waals surface area contributed by atoms with Gasteiger partial charge in [-0.3, -0.25) is 4.79 Å². The van der Waals surface area contributed by atoms with Crippen LogP contribution in [0.15, 0.2) is 30.3 Å². The van der Waals surface area contributed by atoms with Crippen LogP contribution in [-0.2, 0) is 4.79 Å². The van der Waals surface area contributed by atoms with Crippen LogP contribution in [0.4, 0.5) is 5.82 Å². The van der Waals surface area contributed by atoms with Crippen LogP contribution in [-0.4, -0.2) is 51.8 Å². The first-order valence-corrected chi connectivity index (χ1v) is 7.40. The molecule has 3 rings (SSSR count). The number of benzene rings is 1. The van der Waals surface area contributed by atoms with E-state index in [0.717, 1.165) is 5.69 Å². The average Bonchev–Trinajstić information content (AvgIpc) is 2.55. The van der Waals surface area contributed by atoms with Crippen molar-refractivity contribution >= 4 is 11.8 Å². The molecule has 1 aliphatic heterocycles. The van der Waals surface area contributed by atoms with E-state index in [0.29, 0.717) is 36.8 Å². The normalized spacial score (nSPS) is 18.0. The monoisotopic (exact) mass is 314 g/mol. The quantitative estimate of drug-likeness (QED) is 0.778.